The molecule has 0 radical (unpaired) electrons. The summed E-state index contributed by atoms with van der Waals surface area (Å²) < 4.78 is 5.55. The molecule has 1 aromatic heterocycles. The van der Waals surface area contributed by atoms with Crippen molar-refractivity contribution in [3.63, 3.8) is 0 Å². The molecule has 0 bridgehead atoms. The summed E-state index contributed by atoms with van der Waals surface area (Å²) in [5.74, 6) is 1.51. The van der Waals surface area contributed by atoms with E-state index in [1.807, 2.05) is 25.7 Å². The maximum Gasteiger partial charge on any atom is 0.410 e. The Morgan fingerprint density at radius 1 is 1.17 bits per heavy atom. The van der Waals surface area contributed by atoms with E-state index < -0.39 is 5.60 Å². The van der Waals surface area contributed by atoms with Crippen LogP contribution in [0.1, 0.15) is 45.6 Å². The first kappa shape index (κ1) is 19.7. The molecule has 4 rings (SSSR count). The number of piperidine rings is 1. The van der Waals surface area contributed by atoms with E-state index in [0.717, 1.165) is 56.8 Å². The fourth-order valence-electron chi connectivity index (χ4n) is 4.45. The molecule has 1 spiro atoms. The summed E-state index contributed by atoms with van der Waals surface area (Å²) in [5, 5.41) is 2.83. The monoisotopic (exact) mass is 402 g/mol. The van der Waals surface area contributed by atoms with Gasteiger partial charge in [0.1, 0.15) is 23.6 Å². The second-order valence-electron chi connectivity index (χ2n) is 9.45. The molecule has 9 nitrogen and oxygen atoms in total. The average molecular weight is 402 g/mol. The molecule has 4 heterocycles. The normalized spacial score (nSPS) is 21.2. The van der Waals surface area contributed by atoms with E-state index in [0.29, 0.717) is 12.4 Å². The quantitative estimate of drug-likeness (QED) is 0.777. The maximum atomic E-state index is 12.4. The van der Waals surface area contributed by atoms with Crippen LogP contribution in [-0.4, -0.2) is 70.7 Å². The van der Waals surface area contributed by atoms with Crippen LogP contribution in [0.15, 0.2) is 6.33 Å². The molecule has 3 amide bonds. The van der Waals surface area contributed by atoms with Gasteiger partial charge in [0.05, 0.1) is 12.1 Å². The van der Waals surface area contributed by atoms with E-state index in [2.05, 4.69) is 20.2 Å². The molecule has 0 aromatic carbocycles. The number of carbonyl (C=O) groups is 2. The van der Waals surface area contributed by atoms with Crippen molar-refractivity contribution in [3.05, 3.63) is 11.9 Å². The van der Waals surface area contributed by atoms with Crippen LogP contribution in [0.5, 0.6) is 0 Å². The van der Waals surface area contributed by atoms with Crippen LogP contribution in [0.25, 0.3) is 0 Å². The highest BCUT2D eigenvalue weighted by Crippen LogP contribution is 2.42. The van der Waals surface area contributed by atoms with Gasteiger partial charge in [-0.05, 0) is 45.4 Å². The van der Waals surface area contributed by atoms with Gasteiger partial charge in [0.2, 0.25) is 0 Å². The minimum atomic E-state index is -0.467. The van der Waals surface area contributed by atoms with Gasteiger partial charge in [0, 0.05) is 33.2 Å². The predicted molar refractivity (Wildman–Crippen MR) is 109 cm³/mol. The van der Waals surface area contributed by atoms with Crippen molar-refractivity contribution in [2.24, 2.45) is 5.41 Å². The lowest BCUT2D eigenvalue weighted by atomic mass is 9.77. The molecule has 29 heavy (non-hydrogen) atoms. The zero-order valence-corrected chi connectivity index (χ0v) is 17.7. The number of nitrogens with zero attached hydrogens (tertiary/aromatic N) is 5. The van der Waals surface area contributed by atoms with Crippen molar-refractivity contribution < 1.29 is 14.3 Å². The smallest absolute Gasteiger partial charge is 0.410 e. The number of urea groups is 1. The molecule has 9 heteroatoms. The number of fused-ring (bicyclic) bond motifs is 1. The molecule has 0 saturated carbocycles. The lowest BCUT2D eigenvalue weighted by molar-refractivity contribution is 0.0266. The number of hydrogen-bond donors (Lipinski definition) is 1. The summed E-state index contributed by atoms with van der Waals surface area (Å²) in [6.45, 7) is 9.48. The van der Waals surface area contributed by atoms with Crippen molar-refractivity contribution >= 4 is 23.8 Å². The molecular formula is C20H30N6O3. The Morgan fingerprint density at radius 2 is 1.86 bits per heavy atom. The number of rotatable bonds is 1. The maximum absolute atomic E-state index is 12.4. The first-order valence-electron chi connectivity index (χ1n) is 10.2. The molecule has 0 unspecified atom stereocenters. The number of anilines is 2. The van der Waals surface area contributed by atoms with Gasteiger partial charge in [0.25, 0.3) is 0 Å². The van der Waals surface area contributed by atoms with Crippen LogP contribution in [0, 0.1) is 5.41 Å². The summed E-state index contributed by atoms with van der Waals surface area (Å²) in [6.07, 6.45) is 4.34. The molecule has 158 valence electrons. The van der Waals surface area contributed by atoms with Gasteiger partial charge in [-0.25, -0.2) is 19.6 Å². The molecule has 3 aliphatic rings. The van der Waals surface area contributed by atoms with Crippen molar-refractivity contribution in [3.8, 4) is 0 Å². The summed E-state index contributed by atoms with van der Waals surface area (Å²) in [6, 6.07) is -0.145. The van der Waals surface area contributed by atoms with Crippen LogP contribution >= 0.6 is 0 Å². The largest absolute Gasteiger partial charge is 0.444 e. The zero-order chi connectivity index (χ0) is 20.8. The summed E-state index contributed by atoms with van der Waals surface area (Å²) in [7, 11) is 1.77. The topological polar surface area (TPSA) is 90.9 Å². The van der Waals surface area contributed by atoms with E-state index in [9.17, 15) is 9.59 Å². The molecule has 2 fully saturated rings. The Bertz CT molecular complexity index is 813. The lowest BCUT2D eigenvalue weighted by Gasteiger charge is -2.41. The highest BCUT2D eigenvalue weighted by Gasteiger charge is 2.43. The predicted octanol–water partition coefficient (Wildman–Crippen LogP) is 2.68. The third-order valence-corrected chi connectivity index (χ3v) is 6.10. The SMILES string of the molecule is CN1Cc2c(ncnc2N2CCC3(CCN(C(=O)OC(C)(C)C)C3)CC2)NC1=O. The number of nitrogens with one attached hydrogen (secondary N) is 1. The lowest BCUT2D eigenvalue weighted by Crippen LogP contribution is -2.44. The molecule has 2 saturated heterocycles. The highest BCUT2D eigenvalue weighted by molar-refractivity contribution is 5.91. The average Bonchev–Trinajstić information content (AvgIpc) is 3.06. The van der Waals surface area contributed by atoms with Crippen LogP contribution in [0.3, 0.4) is 0 Å². The number of aromatic nitrogens is 2. The highest BCUT2D eigenvalue weighted by atomic mass is 16.6. The number of carbonyl (C=O) groups excluding carboxylic acids is 2. The zero-order valence-electron chi connectivity index (χ0n) is 17.7. The number of ether oxygens (including phenoxy) is 1. The Labute approximate surface area is 171 Å². The van der Waals surface area contributed by atoms with E-state index in [-0.39, 0.29) is 17.5 Å². The van der Waals surface area contributed by atoms with Gasteiger partial charge in [-0.2, -0.15) is 0 Å². The van der Waals surface area contributed by atoms with E-state index >= 15 is 0 Å². The second-order valence-corrected chi connectivity index (χ2v) is 9.45. The number of likely N-dealkylation sites (tertiary alicyclic amines) is 1. The van der Waals surface area contributed by atoms with E-state index in [1.54, 1.807) is 11.9 Å². The number of amides is 3. The third-order valence-electron chi connectivity index (χ3n) is 6.10. The molecule has 0 atom stereocenters. The van der Waals surface area contributed by atoms with Gasteiger partial charge >= 0.3 is 12.1 Å². The third kappa shape index (κ3) is 3.95. The Kier molecular flexibility index (Phi) is 4.78. The second kappa shape index (κ2) is 7.03. The molecular weight excluding hydrogens is 372 g/mol. The number of hydrogen-bond acceptors (Lipinski definition) is 6. The molecule has 0 aliphatic carbocycles. The van der Waals surface area contributed by atoms with E-state index in [4.69, 9.17) is 4.74 Å². The minimum absolute atomic E-state index is 0.145. The summed E-state index contributed by atoms with van der Waals surface area (Å²) in [5.41, 5.74) is 0.656. The van der Waals surface area contributed by atoms with Crippen molar-refractivity contribution in [1.29, 1.82) is 0 Å². The van der Waals surface area contributed by atoms with Gasteiger partial charge in [-0.3, -0.25) is 5.32 Å². The molecule has 3 aliphatic heterocycles. The Hall–Kier alpha value is -2.58. The van der Waals surface area contributed by atoms with Crippen molar-refractivity contribution in [2.75, 3.05) is 43.4 Å². The summed E-state index contributed by atoms with van der Waals surface area (Å²) >= 11 is 0. The molecule has 1 aromatic rings. The first-order chi connectivity index (χ1) is 13.7. The van der Waals surface area contributed by atoms with Gasteiger partial charge < -0.3 is 19.4 Å². The van der Waals surface area contributed by atoms with Crippen LogP contribution in [-0.2, 0) is 11.3 Å². The Morgan fingerprint density at radius 3 is 2.55 bits per heavy atom. The van der Waals surface area contributed by atoms with E-state index in [1.165, 1.54) is 6.33 Å². The van der Waals surface area contributed by atoms with Crippen LogP contribution in [0.4, 0.5) is 21.2 Å². The van der Waals surface area contributed by atoms with Gasteiger partial charge in [-0.15, -0.1) is 0 Å². The molecule has 1 N–H and O–H groups in total. The van der Waals surface area contributed by atoms with Crippen LogP contribution in [0.2, 0.25) is 0 Å². The fraction of sp³-hybridized carbons (Fsp3) is 0.700. The van der Waals surface area contributed by atoms with Crippen LogP contribution < -0.4 is 10.2 Å². The summed E-state index contributed by atoms with van der Waals surface area (Å²) in [4.78, 5) is 38.9. The standard InChI is InChI=1S/C20H30N6O3/c1-19(2,3)29-18(28)26-10-7-20(12-26)5-8-25(9-6-20)16-14-11-24(4)17(27)23-15(14)21-13-22-16/h13H,5-12H2,1-4H3,(H,21,22,23,27). The van der Waals surface area contributed by atoms with Gasteiger partial charge in [0.15, 0.2) is 0 Å². The fourth-order valence-corrected chi connectivity index (χ4v) is 4.45. The first-order valence-corrected chi connectivity index (χ1v) is 10.2. The van der Waals surface area contributed by atoms with Gasteiger partial charge in [-0.1, -0.05) is 0 Å². The Balaban J connectivity index is 1.42. The van der Waals surface area contributed by atoms with Crippen molar-refractivity contribution in [2.45, 2.75) is 52.2 Å². The minimum Gasteiger partial charge on any atom is -0.444 e. The van der Waals surface area contributed by atoms with Crippen molar-refractivity contribution in [1.82, 2.24) is 19.8 Å².